The smallest absolute Gasteiger partial charge is 0.255 e. The van der Waals surface area contributed by atoms with Crippen LogP contribution in [0, 0.1) is 6.92 Å². The first-order valence-electron chi connectivity index (χ1n) is 5.60. The van der Waals surface area contributed by atoms with Crippen molar-refractivity contribution in [2.75, 3.05) is 11.1 Å². The standard InChI is InChI=1S/C14H12Br2N2O/c1-8-2-3-9(6-12(8)16)14(19)18-13-7-10(17)4-5-11(13)15/h2-7H,17H2,1H3,(H,18,19). The molecule has 3 nitrogen and oxygen atoms in total. The Labute approximate surface area is 128 Å². The topological polar surface area (TPSA) is 55.1 Å². The molecule has 0 aliphatic heterocycles. The summed E-state index contributed by atoms with van der Waals surface area (Å²) in [5, 5.41) is 2.83. The first-order chi connectivity index (χ1) is 8.97. The van der Waals surface area contributed by atoms with Crippen molar-refractivity contribution in [1.82, 2.24) is 0 Å². The molecular weight excluding hydrogens is 372 g/mol. The molecule has 2 aromatic rings. The van der Waals surface area contributed by atoms with Gasteiger partial charge in [-0.3, -0.25) is 4.79 Å². The summed E-state index contributed by atoms with van der Waals surface area (Å²) in [5.74, 6) is -0.174. The molecule has 0 saturated carbocycles. The van der Waals surface area contributed by atoms with Crippen LogP contribution in [0.15, 0.2) is 45.3 Å². The first-order valence-corrected chi connectivity index (χ1v) is 7.18. The fraction of sp³-hybridized carbons (Fsp3) is 0.0714. The van der Waals surface area contributed by atoms with Gasteiger partial charge >= 0.3 is 0 Å². The Kier molecular flexibility index (Phi) is 4.27. The minimum Gasteiger partial charge on any atom is -0.399 e. The number of nitrogens with two attached hydrogens (primary N) is 1. The van der Waals surface area contributed by atoms with E-state index in [1.165, 1.54) is 0 Å². The van der Waals surface area contributed by atoms with E-state index in [0.29, 0.717) is 16.9 Å². The molecule has 19 heavy (non-hydrogen) atoms. The number of carbonyl (C=O) groups excluding carboxylic acids is 1. The molecule has 3 N–H and O–H groups in total. The van der Waals surface area contributed by atoms with Gasteiger partial charge in [-0.05, 0) is 58.7 Å². The summed E-state index contributed by atoms with van der Waals surface area (Å²) in [6.45, 7) is 1.97. The van der Waals surface area contributed by atoms with Crippen LogP contribution in [0.3, 0.4) is 0 Å². The first kappa shape index (κ1) is 14.1. The van der Waals surface area contributed by atoms with Crippen LogP contribution in [-0.2, 0) is 0 Å². The quantitative estimate of drug-likeness (QED) is 0.757. The summed E-state index contributed by atoms with van der Waals surface area (Å²) in [7, 11) is 0. The van der Waals surface area contributed by atoms with E-state index in [0.717, 1.165) is 14.5 Å². The molecule has 98 valence electrons. The second kappa shape index (κ2) is 5.75. The molecule has 0 radical (unpaired) electrons. The number of rotatable bonds is 2. The maximum Gasteiger partial charge on any atom is 0.255 e. The third-order valence-corrected chi connectivity index (χ3v) is 4.22. The Bertz CT molecular complexity index is 641. The van der Waals surface area contributed by atoms with Gasteiger partial charge in [-0.25, -0.2) is 0 Å². The van der Waals surface area contributed by atoms with Crippen LogP contribution in [0.5, 0.6) is 0 Å². The van der Waals surface area contributed by atoms with Crippen molar-refractivity contribution in [2.24, 2.45) is 0 Å². The molecule has 0 unspecified atom stereocenters. The van der Waals surface area contributed by atoms with E-state index in [-0.39, 0.29) is 5.91 Å². The monoisotopic (exact) mass is 382 g/mol. The average Bonchev–Trinajstić information content (AvgIpc) is 2.37. The maximum absolute atomic E-state index is 12.1. The van der Waals surface area contributed by atoms with Gasteiger partial charge in [-0.15, -0.1) is 0 Å². The Morgan fingerprint density at radius 1 is 1.11 bits per heavy atom. The van der Waals surface area contributed by atoms with Gasteiger partial charge in [-0.1, -0.05) is 22.0 Å². The molecule has 0 aromatic heterocycles. The lowest BCUT2D eigenvalue weighted by Crippen LogP contribution is -2.12. The van der Waals surface area contributed by atoms with Crippen molar-refractivity contribution >= 4 is 49.1 Å². The van der Waals surface area contributed by atoms with E-state index < -0.39 is 0 Å². The normalized spacial score (nSPS) is 10.3. The van der Waals surface area contributed by atoms with Crippen molar-refractivity contribution in [3.63, 3.8) is 0 Å². The van der Waals surface area contributed by atoms with Gasteiger partial charge in [0, 0.05) is 20.2 Å². The summed E-state index contributed by atoms with van der Waals surface area (Å²) in [4.78, 5) is 12.1. The highest BCUT2D eigenvalue weighted by molar-refractivity contribution is 9.10. The fourth-order valence-corrected chi connectivity index (χ4v) is 2.29. The number of hydrogen-bond donors (Lipinski definition) is 2. The van der Waals surface area contributed by atoms with Crippen LogP contribution in [0.2, 0.25) is 0 Å². The number of carbonyl (C=O) groups is 1. The van der Waals surface area contributed by atoms with Gasteiger partial charge in [-0.2, -0.15) is 0 Å². The van der Waals surface area contributed by atoms with Crippen molar-refractivity contribution in [3.05, 3.63) is 56.5 Å². The van der Waals surface area contributed by atoms with Crippen molar-refractivity contribution < 1.29 is 4.79 Å². The lowest BCUT2D eigenvalue weighted by atomic mass is 10.1. The largest absolute Gasteiger partial charge is 0.399 e. The molecule has 5 heteroatoms. The lowest BCUT2D eigenvalue weighted by molar-refractivity contribution is 0.102. The highest BCUT2D eigenvalue weighted by Gasteiger charge is 2.09. The van der Waals surface area contributed by atoms with E-state index in [1.54, 1.807) is 30.3 Å². The van der Waals surface area contributed by atoms with E-state index >= 15 is 0 Å². The molecule has 1 amide bonds. The predicted octanol–water partition coefficient (Wildman–Crippen LogP) is 4.35. The van der Waals surface area contributed by atoms with Crippen LogP contribution >= 0.6 is 31.9 Å². The minimum atomic E-state index is -0.174. The molecule has 0 saturated heterocycles. The Balaban J connectivity index is 2.25. The minimum absolute atomic E-state index is 0.174. The van der Waals surface area contributed by atoms with Gasteiger partial charge < -0.3 is 11.1 Å². The highest BCUT2D eigenvalue weighted by Crippen LogP contribution is 2.25. The molecule has 2 rings (SSSR count). The summed E-state index contributed by atoms with van der Waals surface area (Å²) in [6, 6.07) is 10.8. The van der Waals surface area contributed by atoms with E-state index in [4.69, 9.17) is 5.73 Å². The van der Waals surface area contributed by atoms with Gasteiger partial charge in [0.15, 0.2) is 0 Å². The lowest BCUT2D eigenvalue weighted by Gasteiger charge is -2.09. The van der Waals surface area contributed by atoms with Crippen LogP contribution in [0.4, 0.5) is 11.4 Å². The molecule has 0 fully saturated rings. The molecule has 0 heterocycles. The van der Waals surface area contributed by atoms with E-state index in [1.807, 2.05) is 13.0 Å². The molecule has 0 bridgehead atoms. The number of benzene rings is 2. The number of halogens is 2. The number of aryl methyl sites for hydroxylation is 1. The number of anilines is 2. The number of hydrogen-bond acceptors (Lipinski definition) is 2. The number of nitrogen functional groups attached to an aromatic ring is 1. The molecule has 0 aliphatic carbocycles. The molecule has 0 atom stereocenters. The highest BCUT2D eigenvalue weighted by atomic mass is 79.9. The summed E-state index contributed by atoms with van der Waals surface area (Å²) < 4.78 is 1.70. The molecule has 2 aromatic carbocycles. The second-order valence-electron chi connectivity index (χ2n) is 4.16. The van der Waals surface area contributed by atoms with Gasteiger partial charge in [0.2, 0.25) is 0 Å². The van der Waals surface area contributed by atoms with Gasteiger partial charge in [0.25, 0.3) is 5.91 Å². The number of amides is 1. The SMILES string of the molecule is Cc1ccc(C(=O)Nc2cc(N)ccc2Br)cc1Br. The second-order valence-corrected chi connectivity index (χ2v) is 5.87. The Hall–Kier alpha value is -1.33. The van der Waals surface area contributed by atoms with Gasteiger partial charge in [0.05, 0.1) is 5.69 Å². The molecular formula is C14H12Br2N2O. The van der Waals surface area contributed by atoms with E-state index in [2.05, 4.69) is 37.2 Å². The number of nitrogens with one attached hydrogen (secondary N) is 1. The zero-order valence-corrected chi connectivity index (χ0v) is 13.4. The van der Waals surface area contributed by atoms with Crippen LogP contribution in [-0.4, -0.2) is 5.91 Å². The van der Waals surface area contributed by atoms with Crippen LogP contribution in [0.25, 0.3) is 0 Å². The zero-order chi connectivity index (χ0) is 14.0. The fourth-order valence-electron chi connectivity index (χ4n) is 1.57. The zero-order valence-electron chi connectivity index (χ0n) is 10.2. The van der Waals surface area contributed by atoms with E-state index in [9.17, 15) is 4.79 Å². The summed E-state index contributed by atoms with van der Waals surface area (Å²) in [5.41, 5.74) is 8.64. The third kappa shape index (κ3) is 3.36. The maximum atomic E-state index is 12.1. The Morgan fingerprint density at radius 2 is 1.84 bits per heavy atom. The van der Waals surface area contributed by atoms with Crippen molar-refractivity contribution in [3.8, 4) is 0 Å². The summed E-state index contributed by atoms with van der Waals surface area (Å²) in [6.07, 6.45) is 0. The third-order valence-electron chi connectivity index (χ3n) is 2.67. The van der Waals surface area contributed by atoms with Crippen molar-refractivity contribution in [2.45, 2.75) is 6.92 Å². The van der Waals surface area contributed by atoms with Gasteiger partial charge in [0.1, 0.15) is 0 Å². The van der Waals surface area contributed by atoms with Crippen LogP contribution in [0.1, 0.15) is 15.9 Å². The predicted molar refractivity (Wildman–Crippen MR) is 85.4 cm³/mol. The molecule has 0 spiro atoms. The van der Waals surface area contributed by atoms with Crippen LogP contribution < -0.4 is 11.1 Å². The molecule has 0 aliphatic rings. The average molecular weight is 384 g/mol. The Morgan fingerprint density at radius 3 is 2.53 bits per heavy atom. The summed E-state index contributed by atoms with van der Waals surface area (Å²) >= 11 is 6.79. The van der Waals surface area contributed by atoms with Crippen molar-refractivity contribution in [1.29, 1.82) is 0 Å².